The lowest BCUT2D eigenvalue weighted by Crippen LogP contribution is -2.52. The third-order valence-corrected chi connectivity index (χ3v) is 6.92. The molecule has 3 rings (SSSR count). The van der Waals surface area contributed by atoms with Gasteiger partial charge in [0.15, 0.2) is 8.68 Å². The molecular weight excluding hydrogens is 310 g/mol. The van der Waals surface area contributed by atoms with Gasteiger partial charge in [-0.25, -0.2) is 13.4 Å². The van der Waals surface area contributed by atoms with Gasteiger partial charge in [0.05, 0.1) is 6.20 Å². The van der Waals surface area contributed by atoms with Gasteiger partial charge in [-0.1, -0.05) is 22.9 Å². The molecule has 1 aromatic heterocycles. The second-order valence-corrected chi connectivity index (χ2v) is 8.35. The van der Waals surface area contributed by atoms with Gasteiger partial charge >= 0.3 is 0 Å². The first-order valence-corrected chi connectivity index (χ1v) is 8.53. The molecule has 1 aromatic rings. The van der Waals surface area contributed by atoms with Crippen LogP contribution in [0, 0.1) is 0 Å². The molecule has 19 heavy (non-hydrogen) atoms. The fourth-order valence-electron chi connectivity index (χ4n) is 2.54. The minimum Gasteiger partial charge on any atom is -0.337 e. The second-order valence-electron chi connectivity index (χ2n) is 4.57. The summed E-state index contributed by atoms with van der Waals surface area (Å²) >= 11 is 6.64. The van der Waals surface area contributed by atoms with E-state index in [0.717, 1.165) is 17.8 Å². The maximum Gasteiger partial charge on any atom is 0.254 e. The highest BCUT2D eigenvalue weighted by Crippen LogP contribution is 2.29. The van der Waals surface area contributed by atoms with E-state index in [1.165, 1.54) is 10.5 Å². The summed E-state index contributed by atoms with van der Waals surface area (Å²) in [5.41, 5.74) is 0. The largest absolute Gasteiger partial charge is 0.337 e. The van der Waals surface area contributed by atoms with Crippen LogP contribution in [0.2, 0.25) is 4.47 Å². The van der Waals surface area contributed by atoms with Gasteiger partial charge in [0.2, 0.25) is 5.91 Å². The van der Waals surface area contributed by atoms with Crippen LogP contribution in [0.25, 0.3) is 0 Å². The number of nitrogens with zero attached hydrogens (tertiary/aromatic N) is 3. The van der Waals surface area contributed by atoms with Gasteiger partial charge in [0.25, 0.3) is 10.0 Å². The summed E-state index contributed by atoms with van der Waals surface area (Å²) in [7, 11) is -3.53. The van der Waals surface area contributed by atoms with Crippen molar-refractivity contribution in [2.24, 2.45) is 0 Å². The summed E-state index contributed by atoms with van der Waals surface area (Å²) in [6.07, 6.45) is 2.54. The van der Waals surface area contributed by atoms with E-state index >= 15 is 0 Å². The second kappa shape index (κ2) is 4.69. The van der Waals surface area contributed by atoms with E-state index < -0.39 is 10.0 Å². The lowest BCUT2D eigenvalue weighted by atomic mass is 10.2. The zero-order valence-electron chi connectivity index (χ0n) is 9.95. The number of carbonyl (C=O) groups is 1. The average Bonchev–Trinajstić information content (AvgIpc) is 2.96. The molecule has 0 aliphatic carbocycles. The van der Waals surface area contributed by atoms with Crippen molar-refractivity contribution in [1.82, 2.24) is 14.2 Å². The van der Waals surface area contributed by atoms with E-state index in [1.807, 2.05) is 0 Å². The number of thiazole rings is 1. The van der Waals surface area contributed by atoms with Crippen LogP contribution in [-0.2, 0) is 14.8 Å². The first-order chi connectivity index (χ1) is 8.98. The number of hydrogen-bond acceptors (Lipinski definition) is 5. The number of sulfonamides is 1. The third-order valence-electron chi connectivity index (χ3n) is 3.51. The number of aromatic nitrogens is 1. The molecule has 104 valence electrons. The zero-order chi connectivity index (χ0) is 13.6. The third kappa shape index (κ3) is 2.26. The first kappa shape index (κ1) is 13.3. The van der Waals surface area contributed by atoms with Crippen molar-refractivity contribution in [2.45, 2.75) is 23.1 Å². The van der Waals surface area contributed by atoms with Gasteiger partial charge in [0.1, 0.15) is 0 Å². The Hall–Kier alpha value is -0.700. The molecule has 2 aliphatic rings. The fourth-order valence-corrected chi connectivity index (χ4v) is 5.46. The Morgan fingerprint density at radius 2 is 2.21 bits per heavy atom. The van der Waals surface area contributed by atoms with Gasteiger partial charge in [0, 0.05) is 32.1 Å². The Morgan fingerprint density at radius 3 is 2.89 bits per heavy atom. The molecule has 2 aliphatic heterocycles. The smallest absolute Gasteiger partial charge is 0.254 e. The molecule has 6 nitrogen and oxygen atoms in total. The number of hydrogen-bond donors (Lipinski definition) is 0. The molecule has 0 N–H and O–H groups in total. The summed E-state index contributed by atoms with van der Waals surface area (Å²) in [6, 6.07) is 0.0134. The lowest BCUT2D eigenvalue weighted by molar-refractivity contribution is -0.130. The number of amides is 1. The maximum atomic E-state index is 12.4. The van der Waals surface area contributed by atoms with Crippen molar-refractivity contribution in [2.75, 3.05) is 19.6 Å². The van der Waals surface area contributed by atoms with Crippen LogP contribution in [0.1, 0.15) is 12.8 Å². The van der Waals surface area contributed by atoms with Crippen LogP contribution >= 0.6 is 22.9 Å². The number of carbonyl (C=O) groups excluding carboxylic acids is 1. The predicted octanol–water partition coefficient (Wildman–Crippen LogP) is 0.792. The van der Waals surface area contributed by atoms with Crippen molar-refractivity contribution >= 4 is 38.9 Å². The molecule has 2 fully saturated rings. The van der Waals surface area contributed by atoms with Crippen molar-refractivity contribution in [3.63, 3.8) is 0 Å². The van der Waals surface area contributed by atoms with Crippen LogP contribution < -0.4 is 0 Å². The van der Waals surface area contributed by atoms with Crippen molar-refractivity contribution in [3.8, 4) is 0 Å². The molecule has 9 heteroatoms. The topological polar surface area (TPSA) is 70.6 Å². The summed E-state index contributed by atoms with van der Waals surface area (Å²) in [5, 5.41) is 0. The predicted molar refractivity (Wildman–Crippen MR) is 70.6 cm³/mol. The van der Waals surface area contributed by atoms with Crippen LogP contribution in [0.3, 0.4) is 0 Å². The summed E-state index contributed by atoms with van der Waals surface area (Å²) in [6.45, 7) is 1.17. The highest BCUT2D eigenvalue weighted by atomic mass is 35.5. The standard InChI is InChI=1S/C10H12ClN3O3S2/c11-10-12-5-9(18-10)19(16,17)13-3-4-14-7(6-13)1-2-8(14)15/h5,7H,1-4,6H2. The summed E-state index contributed by atoms with van der Waals surface area (Å²) < 4.78 is 26.6. The van der Waals surface area contributed by atoms with E-state index in [2.05, 4.69) is 4.98 Å². The molecule has 3 heterocycles. The summed E-state index contributed by atoms with van der Waals surface area (Å²) in [5.74, 6) is 0.128. The highest BCUT2D eigenvalue weighted by molar-refractivity contribution is 7.91. The Bertz CT molecular complexity index is 615. The molecule has 0 spiro atoms. The molecule has 0 aromatic carbocycles. The molecule has 0 saturated carbocycles. The van der Waals surface area contributed by atoms with E-state index in [0.29, 0.717) is 26.1 Å². The van der Waals surface area contributed by atoms with Crippen LogP contribution in [-0.4, -0.2) is 54.2 Å². The quantitative estimate of drug-likeness (QED) is 0.807. The van der Waals surface area contributed by atoms with E-state index in [1.54, 1.807) is 4.90 Å². The maximum absolute atomic E-state index is 12.4. The molecule has 0 radical (unpaired) electrons. The molecule has 0 bridgehead atoms. The minimum atomic E-state index is -3.53. The van der Waals surface area contributed by atoms with Gasteiger partial charge in [-0.15, -0.1) is 0 Å². The average molecular weight is 322 g/mol. The van der Waals surface area contributed by atoms with Crippen molar-refractivity contribution < 1.29 is 13.2 Å². The van der Waals surface area contributed by atoms with Gasteiger partial charge in [-0.05, 0) is 6.42 Å². The molecule has 1 atom stereocenters. The molecule has 1 unspecified atom stereocenters. The Kier molecular flexibility index (Phi) is 3.28. The molecule has 1 amide bonds. The number of halogens is 1. The molecule has 2 saturated heterocycles. The number of rotatable bonds is 2. The summed E-state index contributed by atoms with van der Waals surface area (Å²) in [4.78, 5) is 17.1. The first-order valence-electron chi connectivity index (χ1n) is 5.89. The monoisotopic (exact) mass is 321 g/mol. The van der Waals surface area contributed by atoms with Gasteiger partial charge < -0.3 is 4.90 Å². The van der Waals surface area contributed by atoms with Crippen molar-refractivity contribution in [1.29, 1.82) is 0 Å². The SMILES string of the molecule is O=C1CCC2CN(S(=O)(=O)c3cnc(Cl)s3)CCN12. The number of piperazine rings is 1. The fraction of sp³-hybridized carbons (Fsp3) is 0.600. The van der Waals surface area contributed by atoms with Crippen molar-refractivity contribution in [3.05, 3.63) is 10.7 Å². The minimum absolute atomic E-state index is 0.0134. The van der Waals surface area contributed by atoms with Crippen LogP contribution in [0.15, 0.2) is 10.4 Å². The van der Waals surface area contributed by atoms with Crippen LogP contribution in [0.4, 0.5) is 0 Å². The lowest BCUT2D eigenvalue weighted by Gasteiger charge is -2.36. The Morgan fingerprint density at radius 1 is 1.42 bits per heavy atom. The highest BCUT2D eigenvalue weighted by Gasteiger charge is 2.40. The van der Waals surface area contributed by atoms with Gasteiger partial charge in [-0.2, -0.15) is 4.31 Å². The normalized spacial score (nSPS) is 24.8. The van der Waals surface area contributed by atoms with Gasteiger partial charge in [-0.3, -0.25) is 4.79 Å². The van der Waals surface area contributed by atoms with E-state index in [4.69, 9.17) is 11.6 Å². The van der Waals surface area contributed by atoms with E-state index in [9.17, 15) is 13.2 Å². The Labute approximate surface area is 120 Å². The molecular formula is C10H12ClN3O3S2. The van der Waals surface area contributed by atoms with E-state index in [-0.39, 0.29) is 20.6 Å². The Balaban J connectivity index is 1.82. The number of fused-ring (bicyclic) bond motifs is 1. The zero-order valence-corrected chi connectivity index (χ0v) is 12.3. The van der Waals surface area contributed by atoms with Crippen LogP contribution in [0.5, 0.6) is 0 Å².